The van der Waals surface area contributed by atoms with Gasteiger partial charge in [-0.15, -0.1) is 0 Å². The third kappa shape index (κ3) is 9.90. The summed E-state index contributed by atoms with van der Waals surface area (Å²) in [5, 5.41) is 0. The van der Waals surface area contributed by atoms with E-state index >= 15 is 0 Å². The molecule has 3 heterocycles. The molecule has 1 aromatic rings. The van der Waals surface area contributed by atoms with Crippen LogP contribution < -0.4 is 9.80 Å². The van der Waals surface area contributed by atoms with Gasteiger partial charge in [0.25, 0.3) is 0 Å². The van der Waals surface area contributed by atoms with Crippen molar-refractivity contribution < 1.29 is 0 Å². The monoisotopic (exact) mass is 492 g/mol. The highest BCUT2D eigenvalue weighted by atomic mass is 15.3. The fourth-order valence-electron chi connectivity index (χ4n) is 4.84. The van der Waals surface area contributed by atoms with Crippen LogP contribution in [0.3, 0.4) is 0 Å². The maximum Gasteiger partial charge on any atom is 0.227 e. The number of anilines is 2. The molecule has 0 aliphatic carbocycles. The molecule has 2 aliphatic rings. The number of unbranched alkanes of at least 4 members (excludes halogenated alkanes) is 1. The minimum absolute atomic E-state index is 0.896. The Kier molecular flexibility index (Phi) is 12.8. The van der Waals surface area contributed by atoms with E-state index in [1.807, 2.05) is 6.20 Å². The summed E-state index contributed by atoms with van der Waals surface area (Å²) in [5.41, 5.74) is 1.41. The normalized spacial score (nSPS) is 19.6. The fraction of sp³-hybridized carbons (Fsp3) is 0.600. The Morgan fingerprint density at radius 3 is 2.44 bits per heavy atom. The third-order valence-electron chi connectivity index (χ3n) is 6.96. The van der Waals surface area contributed by atoms with Crippen LogP contribution in [0.25, 0.3) is 0 Å². The Balaban J connectivity index is 1.48. The van der Waals surface area contributed by atoms with Crippen molar-refractivity contribution in [2.45, 2.75) is 52.9 Å². The molecule has 6 heteroatoms. The lowest BCUT2D eigenvalue weighted by molar-refractivity contribution is 0.260. The molecule has 36 heavy (non-hydrogen) atoms. The van der Waals surface area contributed by atoms with Crippen LogP contribution in [0.2, 0.25) is 0 Å². The molecule has 0 atom stereocenters. The number of nitrogens with zero attached hydrogens (tertiary/aromatic N) is 6. The number of piperazine rings is 1. The summed E-state index contributed by atoms with van der Waals surface area (Å²) in [6.07, 6.45) is 23.1. The molecule has 0 bridgehead atoms. The fourth-order valence-corrected chi connectivity index (χ4v) is 4.84. The van der Waals surface area contributed by atoms with Crippen molar-refractivity contribution in [3.8, 4) is 0 Å². The van der Waals surface area contributed by atoms with E-state index in [1.165, 1.54) is 37.9 Å². The molecule has 0 aromatic carbocycles. The average Bonchev–Trinajstić information content (AvgIpc) is 2.88. The van der Waals surface area contributed by atoms with E-state index in [-0.39, 0.29) is 0 Å². The lowest BCUT2D eigenvalue weighted by atomic mass is 10.2. The van der Waals surface area contributed by atoms with E-state index in [4.69, 9.17) is 4.98 Å². The van der Waals surface area contributed by atoms with Gasteiger partial charge in [-0.2, -0.15) is 4.98 Å². The molecule has 2 fully saturated rings. The van der Waals surface area contributed by atoms with Gasteiger partial charge in [0.2, 0.25) is 5.95 Å². The third-order valence-corrected chi connectivity index (χ3v) is 6.96. The molecule has 0 unspecified atom stereocenters. The van der Waals surface area contributed by atoms with Crippen molar-refractivity contribution in [3.63, 3.8) is 0 Å². The molecule has 0 spiro atoms. The van der Waals surface area contributed by atoms with Crippen LogP contribution in [0.15, 0.2) is 60.4 Å². The molecule has 0 N–H and O–H groups in total. The maximum atomic E-state index is 5.02. The van der Waals surface area contributed by atoms with Crippen LogP contribution in [0.1, 0.15) is 52.9 Å². The summed E-state index contributed by atoms with van der Waals surface area (Å²) in [6.45, 7) is 17.2. The highest BCUT2D eigenvalue weighted by Gasteiger charge is 2.20. The van der Waals surface area contributed by atoms with E-state index in [0.29, 0.717) is 0 Å². The number of hydrogen-bond acceptors (Lipinski definition) is 6. The van der Waals surface area contributed by atoms with Crippen molar-refractivity contribution in [3.05, 3.63) is 60.4 Å². The second-order valence-electron chi connectivity index (χ2n) is 9.96. The Hall–Kier alpha value is -2.44. The quantitative estimate of drug-likeness (QED) is 0.307. The molecular weight excluding hydrogens is 444 g/mol. The second-order valence-corrected chi connectivity index (χ2v) is 9.96. The van der Waals surface area contributed by atoms with E-state index in [0.717, 1.165) is 77.0 Å². The zero-order chi connectivity index (χ0) is 25.4. The smallest absolute Gasteiger partial charge is 0.227 e. The minimum Gasteiger partial charge on any atom is -0.354 e. The molecule has 3 rings (SSSR count). The first-order valence-electron chi connectivity index (χ1n) is 14.1. The Labute approximate surface area is 220 Å². The predicted octanol–water partition coefficient (Wildman–Crippen LogP) is 5.33. The first-order valence-corrected chi connectivity index (χ1v) is 14.1. The van der Waals surface area contributed by atoms with Crippen molar-refractivity contribution >= 4 is 11.8 Å². The van der Waals surface area contributed by atoms with E-state index in [1.54, 1.807) is 0 Å². The number of hydrogen-bond donors (Lipinski definition) is 0. The first kappa shape index (κ1) is 28.1. The molecule has 1 aromatic heterocycles. The highest BCUT2D eigenvalue weighted by Crippen LogP contribution is 2.19. The van der Waals surface area contributed by atoms with Crippen LogP contribution >= 0.6 is 0 Å². The Morgan fingerprint density at radius 1 is 0.889 bits per heavy atom. The molecule has 198 valence electrons. The van der Waals surface area contributed by atoms with E-state index in [9.17, 15) is 0 Å². The first-order chi connectivity index (χ1) is 17.7. The van der Waals surface area contributed by atoms with Crippen LogP contribution in [-0.2, 0) is 0 Å². The van der Waals surface area contributed by atoms with Gasteiger partial charge in [0.05, 0.1) is 0 Å². The van der Waals surface area contributed by atoms with Crippen LogP contribution in [0.5, 0.6) is 0 Å². The summed E-state index contributed by atoms with van der Waals surface area (Å²) in [6, 6.07) is 2.08. The summed E-state index contributed by atoms with van der Waals surface area (Å²) in [5.74, 6) is 1.97. The van der Waals surface area contributed by atoms with E-state index < -0.39 is 0 Å². The maximum absolute atomic E-state index is 5.02. The van der Waals surface area contributed by atoms with Crippen LogP contribution in [0.4, 0.5) is 11.8 Å². The minimum atomic E-state index is 0.896. The largest absolute Gasteiger partial charge is 0.354 e. The van der Waals surface area contributed by atoms with Gasteiger partial charge in [-0.25, -0.2) is 4.98 Å². The molecule has 2 saturated heterocycles. The number of aromatic nitrogens is 2. The second kappa shape index (κ2) is 16.3. The lowest BCUT2D eigenvalue weighted by Crippen LogP contribution is -2.47. The van der Waals surface area contributed by atoms with Crippen molar-refractivity contribution in [1.82, 2.24) is 19.8 Å². The zero-order valence-corrected chi connectivity index (χ0v) is 23.0. The van der Waals surface area contributed by atoms with Crippen molar-refractivity contribution in [2.75, 3.05) is 75.2 Å². The highest BCUT2D eigenvalue weighted by molar-refractivity contribution is 5.44. The lowest BCUT2D eigenvalue weighted by Gasteiger charge is -2.36. The van der Waals surface area contributed by atoms with Gasteiger partial charge >= 0.3 is 0 Å². The van der Waals surface area contributed by atoms with Gasteiger partial charge in [-0.05, 0) is 65.1 Å². The number of allylic oxidation sites excluding steroid dienone is 7. The molecule has 0 saturated carbocycles. The predicted molar refractivity (Wildman–Crippen MR) is 155 cm³/mol. The van der Waals surface area contributed by atoms with Gasteiger partial charge in [0.1, 0.15) is 5.82 Å². The summed E-state index contributed by atoms with van der Waals surface area (Å²) < 4.78 is 0. The zero-order valence-electron chi connectivity index (χ0n) is 23.0. The summed E-state index contributed by atoms with van der Waals surface area (Å²) >= 11 is 0. The Morgan fingerprint density at radius 2 is 1.64 bits per heavy atom. The molecular formula is C30H48N6. The molecule has 2 aliphatic heterocycles. The van der Waals surface area contributed by atoms with Gasteiger partial charge in [0.15, 0.2) is 0 Å². The van der Waals surface area contributed by atoms with Crippen molar-refractivity contribution in [1.29, 1.82) is 0 Å². The molecule has 0 radical (unpaired) electrons. The standard InChI is InChI=1S/C30H48N6/c1-4-6-8-9-10-11-12-18-33-19-13-14-20-36(26-21-33)30-31-17-16-29(32-30)35-24-22-34(23-25-35)27-28(3)15-7-5-2/h5-10,15-17H,4,11-14,18-27H2,1-3H3/b7-5-,8-6-,10-9-,28-15+. The number of rotatable bonds is 11. The summed E-state index contributed by atoms with van der Waals surface area (Å²) in [4.78, 5) is 19.7. The van der Waals surface area contributed by atoms with Crippen LogP contribution in [0, 0.1) is 0 Å². The molecule has 6 nitrogen and oxygen atoms in total. The van der Waals surface area contributed by atoms with Gasteiger partial charge in [0, 0.05) is 58.6 Å². The van der Waals surface area contributed by atoms with Crippen molar-refractivity contribution in [2.24, 2.45) is 0 Å². The van der Waals surface area contributed by atoms with Gasteiger partial charge in [-0.1, -0.05) is 55.0 Å². The average molecular weight is 493 g/mol. The summed E-state index contributed by atoms with van der Waals surface area (Å²) in [7, 11) is 0. The van der Waals surface area contributed by atoms with Gasteiger partial charge < -0.3 is 14.7 Å². The van der Waals surface area contributed by atoms with Crippen LogP contribution in [-0.4, -0.2) is 85.2 Å². The molecule has 0 amide bonds. The van der Waals surface area contributed by atoms with E-state index in [2.05, 4.69) is 94.0 Å². The Bertz CT molecular complexity index is 866. The topological polar surface area (TPSA) is 38.7 Å². The van der Waals surface area contributed by atoms with Gasteiger partial charge in [-0.3, -0.25) is 4.90 Å². The SMILES string of the molecule is C/C=C\C=C(/C)CN1CCN(c2ccnc(N3CCCCN(CCC/C=C\C=C/CC)CC3)n2)CC1.